The third kappa shape index (κ3) is 3.55. The van der Waals surface area contributed by atoms with Crippen LogP contribution in [0.4, 0.5) is 0 Å². The molecule has 5 aromatic carbocycles. The Morgan fingerprint density at radius 1 is 0.568 bits per heavy atom. The zero-order valence-electron chi connectivity index (χ0n) is 19.8. The molecule has 3 heteroatoms. The molecule has 0 aliphatic carbocycles. The molecule has 0 spiro atoms. The minimum atomic E-state index is 0.598. The van der Waals surface area contributed by atoms with Crippen LogP contribution in [0.15, 0.2) is 126 Å². The Labute approximate surface area is 213 Å². The highest BCUT2D eigenvalue weighted by Gasteiger charge is 2.15. The number of benzene rings is 5. The Morgan fingerprint density at radius 3 is 2.19 bits per heavy atom. The van der Waals surface area contributed by atoms with Gasteiger partial charge in [0.15, 0.2) is 0 Å². The van der Waals surface area contributed by atoms with Crippen LogP contribution in [0.5, 0.6) is 0 Å². The average molecular weight is 473 g/mol. The van der Waals surface area contributed by atoms with Gasteiger partial charge in [-0.25, -0.2) is 0 Å². The largest absolute Gasteiger partial charge is 0.456 e. The van der Waals surface area contributed by atoms with Crippen molar-refractivity contribution in [3.8, 4) is 39.6 Å². The number of rotatable bonds is 3. The van der Waals surface area contributed by atoms with Crippen molar-refractivity contribution in [3.63, 3.8) is 0 Å². The second kappa shape index (κ2) is 8.48. The summed E-state index contributed by atoms with van der Waals surface area (Å²) < 4.78 is 6.48. The van der Waals surface area contributed by atoms with Crippen molar-refractivity contribution in [3.05, 3.63) is 127 Å². The Hall–Kier alpha value is -5.20. The summed E-state index contributed by atoms with van der Waals surface area (Å²) in [6.07, 6.45) is 1.68. The Bertz CT molecular complexity index is 1990. The van der Waals surface area contributed by atoms with Crippen molar-refractivity contribution in [2.45, 2.75) is 0 Å². The van der Waals surface area contributed by atoms with Crippen LogP contribution >= 0.6 is 0 Å². The number of fused-ring (bicyclic) bond motifs is 5. The van der Waals surface area contributed by atoms with E-state index in [1.165, 1.54) is 21.9 Å². The Balaban J connectivity index is 1.40. The molecule has 0 saturated heterocycles. The summed E-state index contributed by atoms with van der Waals surface area (Å²) in [7, 11) is 0. The van der Waals surface area contributed by atoms with Gasteiger partial charge in [0.05, 0.1) is 17.3 Å². The Morgan fingerprint density at radius 2 is 1.32 bits per heavy atom. The molecule has 0 N–H and O–H groups in total. The summed E-state index contributed by atoms with van der Waals surface area (Å²) in [6, 6.07) is 41.6. The molecular formula is C34H20N2O. The normalized spacial score (nSPS) is 11.2. The van der Waals surface area contributed by atoms with Crippen molar-refractivity contribution in [1.29, 1.82) is 5.26 Å². The highest BCUT2D eigenvalue weighted by Crippen LogP contribution is 2.41. The van der Waals surface area contributed by atoms with Gasteiger partial charge in [-0.1, -0.05) is 78.9 Å². The van der Waals surface area contributed by atoms with Gasteiger partial charge in [-0.3, -0.25) is 4.98 Å². The molecule has 2 aromatic heterocycles. The summed E-state index contributed by atoms with van der Waals surface area (Å²) >= 11 is 0. The summed E-state index contributed by atoms with van der Waals surface area (Å²) in [5.41, 5.74) is 8.57. The van der Waals surface area contributed by atoms with Crippen LogP contribution in [0.2, 0.25) is 0 Å². The molecule has 2 heterocycles. The van der Waals surface area contributed by atoms with E-state index in [-0.39, 0.29) is 0 Å². The number of nitrogens with zero attached hydrogens (tertiary/aromatic N) is 2. The maximum atomic E-state index is 9.26. The summed E-state index contributed by atoms with van der Waals surface area (Å²) in [4.78, 5) is 4.46. The van der Waals surface area contributed by atoms with Gasteiger partial charge in [0.25, 0.3) is 0 Å². The van der Waals surface area contributed by atoms with E-state index in [4.69, 9.17) is 4.42 Å². The molecule has 0 bridgehead atoms. The van der Waals surface area contributed by atoms with Crippen LogP contribution in [0.25, 0.3) is 66.2 Å². The molecule has 0 radical (unpaired) electrons. The monoisotopic (exact) mass is 472 g/mol. The minimum Gasteiger partial charge on any atom is -0.456 e. The molecule has 0 saturated carbocycles. The van der Waals surface area contributed by atoms with Crippen LogP contribution in [-0.2, 0) is 0 Å². The van der Waals surface area contributed by atoms with Crippen LogP contribution < -0.4 is 0 Å². The van der Waals surface area contributed by atoms with Crippen LogP contribution in [0.3, 0.4) is 0 Å². The van der Waals surface area contributed by atoms with E-state index < -0.39 is 0 Å². The number of hydrogen-bond acceptors (Lipinski definition) is 3. The molecule has 37 heavy (non-hydrogen) atoms. The van der Waals surface area contributed by atoms with Gasteiger partial charge in [0.1, 0.15) is 11.2 Å². The van der Waals surface area contributed by atoms with Gasteiger partial charge in [-0.2, -0.15) is 5.26 Å². The fraction of sp³-hybridized carbons (Fsp3) is 0. The third-order valence-corrected chi connectivity index (χ3v) is 6.94. The predicted molar refractivity (Wildman–Crippen MR) is 150 cm³/mol. The molecule has 0 aliphatic heterocycles. The first-order chi connectivity index (χ1) is 18.3. The number of furan rings is 1. The van der Waals surface area contributed by atoms with Crippen molar-refractivity contribution in [2.24, 2.45) is 0 Å². The van der Waals surface area contributed by atoms with E-state index in [2.05, 4.69) is 96.0 Å². The van der Waals surface area contributed by atoms with Gasteiger partial charge in [-0.15, -0.1) is 0 Å². The average Bonchev–Trinajstić information content (AvgIpc) is 3.35. The molecule has 7 aromatic rings. The van der Waals surface area contributed by atoms with Gasteiger partial charge in [0.2, 0.25) is 0 Å². The zero-order chi connectivity index (χ0) is 24.8. The first-order valence-corrected chi connectivity index (χ1v) is 12.2. The maximum Gasteiger partial charge on any atom is 0.136 e. The third-order valence-electron chi connectivity index (χ3n) is 6.94. The summed E-state index contributed by atoms with van der Waals surface area (Å²) in [5.74, 6) is 0. The standard InChI is InChI=1S/C34H20N2O/c35-21-22-15-16-36-31(17-22)26-10-6-9-24(18-26)25-13-14-29-32(19-25)37-33-20-30(23-7-2-1-3-8-23)27-11-4-5-12-28(27)34(29)33/h1-20H. The summed E-state index contributed by atoms with van der Waals surface area (Å²) in [6.45, 7) is 0. The first kappa shape index (κ1) is 21.1. The highest BCUT2D eigenvalue weighted by molar-refractivity contribution is 6.22. The van der Waals surface area contributed by atoms with E-state index in [1.54, 1.807) is 12.3 Å². The lowest BCUT2D eigenvalue weighted by molar-refractivity contribution is 0.669. The molecular weight excluding hydrogens is 452 g/mol. The smallest absolute Gasteiger partial charge is 0.136 e. The van der Waals surface area contributed by atoms with E-state index in [1.807, 2.05) is 24.3 Å². The zero-order valence-corrected chi connectivity index (χ0v) is 19.8. The number of pyridine rings is 1. The lowest BCUT2D eigenvalue weighted by Gasteiger charge is -2.08. The molecule has 0 aliphatic rings. The van der Waals surface area contributed by atoms with E-state index in [0.29, 0.717) is 5.56 Å². The fourth-order valence-electron chi connectivity index (χ4n) is 5.19. The molecule has 0 amide bonds. The van der Waals surface area contributed by atoms with Crippen LogP contribution in [-0.4, -0.2) is 4.98 Å². The van der Waals surface area contributed by atoms with Gasteiger partial charge < -0.3 is 4.42 Å². The molecule has 7 rings (SSSR count). The SMILES string of the molecule is N#Cc1ccnc(-c2cccc(-c3ccc4c(c3)oc3cc(-c5ccccc5)c5ccccc5c34)c2)c1. The fourth-order valence-corrected chi connectivity index (χ4v) is 5.19. The van der Waals surface area contributed by atoms with Crippen LogP contribution in [0, 0.1) is 11.3 Å². The maximum absolute atomic E-state index is 9.26. The number of aromatic nitrogens is 1. The predicted octanol–water partition coefficient (Wildman–Crippen LogP) is 9.01. The molecule has 0 unspecified atom stereocenters. The topological polar surface area (TPSA) is 49.8 Å². The number of nitriles is 1. The molecule has 0 fully saturated rings. The Kier molecular flexibility index (Phi) is 4.84. The first-order valence-electron chi connectivity index (χ1n) is 12.2. The van der Waals surface area contributed by atoms with E-state index >= 15 is 0 Å². The molecule has 0 atom stereocenters. The highest BCUT2D eigenvalue weighted by atomic mass is 16.3. The van der Waals surface area contributed by atoms with Crippen molar-refractivity contribution >= 4 is 32.7 Å². The van der Waals surface area contributed by atoms with Crippen molar-refractivity contribution in [2.75, 3.05) is 0 Å². The summed E-state index contributed by atoms with van der Waals surface area (Å²) in [5, 5.41) is 13.9. The lowest BCUT2D eigenvalue weighted by atomic mass is 9.94. The second-order valence-corrected chi connectivity index (χ2v) is 9.14. The van der Waals surface area contributed by atoms with Crippen molar-refractivity contribution in [1.82, 2.24) is 4.98 Å². The quantitative estimate of drug-likeness (QED) is 0.258. The van der Waals surface area contributed by atoms with Crippen LogP contribution in [0.1, 0.15) is 5.56 Å². The minimum absolute atomic E-state index is 0.598. The molecule has 172 valence electrons. The van der Waals surface area contributed by atoms with Gasteiger partial charge in [0, 0.05) is 22.5 Å². The van der Waals surface area contributed by atoms with E-state index in [0.717, 1.165) is 44.3 Å². The van der Waals surface area contributed by atoms with E-state index in [9.17, 15) is 5.26 Å². The molecule has 3 nitrogen and oxygen atoms in total. The van der Waals surface area contributed by atoms with Crippen molar-refractivity contribution < 1.29 is 4.42 Å². The number of hydrogen-bond donors (Lipinski definition) is 0. The lowest BCUT2D eigenvalue weighted by Crippen LogP contribution is -1.86. The van der Waals surface area contributed by atoms with Gasteiger partial charge in [-0.05, 0) is 69.4 Å². The second-order valence-electron chi connectivity index (χ2n) is 9.14. The van der Waals surface area contributed by atoms with Gasteiger partial charge >= 0.3 is 0 Å².